The van der Waals surface area contributed by atoms with E-state index in [0.717, 1.165) is 44.9 Å². The lowest BCUT2D eigenvalue weighted by molar-refractivity contribution is 1.18. The molecule has 0 aliphatic carbocycles. The van der Waals surface area contributed by atoms with Crippen LogP contribution in [0.2, 0.25) is 0 Å². The summed E-state index contributed by atoms with van der Waals surface area (Å²) in [4.78, 5) is 10.3. The zero-order chi connectivity index (χ0) is 44.3. The zero-order valence-electron chi connectivity index (χ0n) is 36.5. The van der Waals surface area contributed by atoms with Crippen LogP contribution >= 0.6 is 0 Å². The smallest absolute Gasteiger partial charge is 0.160 e. The Balaban J connectivity index is 0.879. The van der Waals surface area contributed by atoms with Crippen LogP contribution in [0.5, 0.6) is 0 Å². The van der Waals surface area contributed by atoms with Gasteiger partial charge in [0.05, 0.1) is 22.4 Å². The Kier molecular flexibility index (Phi) is 9.17. The quantitative estimate of drug-likeness (QED) is 0.160. The summed E-state index contributed by atoms with van der Waals surface area (Å²) in [6, 6.07) is 89.7. The molecule has 13 aromatic rings. The van der Waals surface area contributed by atoms with Crippen molar-refractivity contribution in [3.63, 3.8) is 0 Å². The van der Waals surface area contributed by atoms with Crippen LogP contribution in [-0.2, 0) is 0 Å². The first-order valence-electron chi connectivity index (χ1n) is 22.9. The highest BCUT2D eigenvalue weighted by Gasteiger charge is 2.17. The van der Waals surface area contributed by atoms with E-state index in [9.17, 15) is 0 Å². The van der Waals surface area contributed by atoms with Crippen LogP contribution in [-0.4, -0.2) is 14.5 Å². The largest absolute Gasteiger partial charge is 0.309 e. The van der Waals surface area contributed by atoms with E-state index in [1.54, 1.807) is 0 Å². The van der Waals surface area contributed by atoms with Gasteiger partial charge in [0.2, 0.25) is 0 Å². The van der Waals surface area contributed by atoms with E-state index in [0.29, 0.717) is 5.82 Å². The molecule has 0 fully saturated rings. The number of nitrogens with zero attached hydrogens (tertiary/aromatic N) is 3. The minimum Gasteiger partial charge on any atom is -0.309 e. The topological polar surface area (TPSA) is 30.7 Å². The number of fused-ring (bicyclic) bond motifs is 6. The first kappa shape index (κ1) is 38.5. The molecule has 2 aromatic heterocycles. The Morgan fingerprint density at radius 3 is 1.34 bits per heavy atom. The van der Waals surface area contributed by atoms with E-state index in [1.165, 1.54) is 76.4 Å². The molecule has 0 radical (unpaired) electrons. The Morgan fingerprint density at radius 1 is 0.254 bits per heavy atom. The molecule has 0 aliphatic rings. The van der Waals surface area contributed by atoms with Gasteiger partial charge in [-0.15, -0.1) is 0 Å². The molecule has 11 aromatic carbocycles. The molecular formula is C64H41N3. The SMILES string of the molecule is c1ccc(-c2nc(-c3ccc(-c4ccc(-n5c6ccc(-c7ccc8ccccc8c7)cc6c6cc(-c7ccc8ccccc8c7)ccc65)cc4)cc3)cc(-c3cccc4ccccc34)n2)cc1. The average Bonchev–Trinajstić information content (AvgIpc) is 3.73. The Bertz CT molecular complexity index is 3870. The zero-order valence-corrected chi connectivity index (χ0v) is 36.5. The third-order valence-corrected chi connectivity index (χ3v) is 13.4. The predicted octanol–water partition coefficient (Wildman–Crippen LogP) is 17.0. The van der Waals surface area contributed by atoms with Gasteiger partial charge >= 0.3 is 0 Å². The second kappa shape index (κ2) is 16.0. The first-order chi connectivity index (χ1) is 33.2. The van der Waals surface area contributed by atoms with Crippen molar-refractivity contribution in [3.8, 4) is 73.0 Å². The fourth-order valence-electron chi connectivity index (χ4n) is 9.93. The van der Waals surface area contributed by atoms with Crippen molar-refractivity contribution in [2.75, 3.05) is 0 Å². The van der Waals surface area contributed by atoms with E-state index in [4.69, 9.17) is 9.97 Å². The standard InChI is InChI=1S/C64H41N3/c1-2-14-48(15-3-1)64-65-60(41-61(66-64)57-20-10-18-46-13-8-9-19-56(46)57)47-25-21-44(22-26-47)45-29-33-55(34-30-45)67-62-35-31-53(51-27-23-42-11-4-6-16-49(42)37-51)39-58(62)59-40-54(32-36-63(59)67)52-28-24-43-12-5-7-17-50(43)38-52/h1-41H. The summed E-state index contributed by atoms with van der Waals surface area (Å²) >= 11 is 0. The van der Waals surface area contributed by atoms with Crippen molar-refractivity contribution in [3.05, 3.63) is 249 Å². The van der Waals surface area contributed by atoms with Crippen molar-refractivity contribution in [2.45, 2.75) is 0 Å². The van der Waals surface area contributed by atoms with Gasteiger partial charge < -0.3 is 4.57 Å². The van der Waals surface area contributed by atoms with Crippen molar-refractivity contribution >= 4 is 54.1 Å². The average molecular weight is 852 g/mol. The van der Waals surface area contributed by atoms with Gasteiger partial charge in [-0.05, 0) is 120 Å². The summed E-state index contributed by atoms with van der Waals surface area (Å²) in [5, 5.41) is 9.80. The molecule has 0 amide bonds. The molecule has 0 atom stereocenters. The summed E-state index contributed by atoms with van der Waals surface area (Å²) in [6.45, 7) is 0. The van der Waals surface area contributed by atoms with Gasteiger partial charge in [0.25, 0.3) is 0 Å². The molecule has 3 heteroatoms. The summed E-state index contributed by atoms with van der Waals surface area (Å²) in [6.07, 6.45) is 0. The fourth-order valence-corrected chi connectivity index (χ4v) is 9.93. The molecule has 0 bridgehead atoms. The van der Waals surface area contributed by atoms with Crippen LogP contribution in [0.15, 0.2) is 249 Å². The van der Waals surface area contributed by atoms with E-state index in [-0.39, 0.29) is 0 Å². The lowest BCUT2D eigenvalue weighted by Crippen LogP contribution is -1.96. The van der Waals surface area contributed by atoms with Gasteiger partial charge in [-0.2, -0.15) is 0 Å². The maximum atomic E-state index is 5.13. The van der Waals surface area contributed by atoms with Crippen LogP contribution in [0, 0.1) is 0 Å². The Hall–Kier alpha value is -8.92. The van der Waals surface area contributed by atoms with E-state index in [1.807, 2.05) is 18.2 Å². The first-order valence-corrected chi connectivity index (χ1v) is 22.9. The van der Waals surface area contributed by atoms with E-state index < -0.39 is 0 Å². The maximum absolute atomic E-state index is 5.13. The summed E-state index contributed by atoms with van der Waals surface area (Å²) in [7, 11) is 0. The molecule has 312 valence electrons. The minimum absolute atomic E-state index is 0.709. The summed E-state index contributed by atoms with van der Waals surface area (Å²) < 4.78 is 2.42. The van der Waals surface area contributed by atoms with Crippen molar-refractivity contribution in [1.82, 2.24) is 14.5 Å². The van der Waals surface area contributed by atoms with Crippen molar-refractivity contribution < 1.29 is 0 Å². The summed E-state index contributed by atoms with van der Waals surface area (Å²) in [5.41, 5.74) is 15.5. The van der Waals surface area contributed by atoms with Gasteiger partial charge in [0.15, 0.2) is 5.82 Å². The number of benzene rings is 11. The Morgan fingerprint density at radius 2 is 0.716 bits per heavy atom. The third kappa shape index (κ3) is 6.93. The van der Waals surface area contributed by atoms with Crippen LogP contribution in [0.1, 0.15) is 0 Å². The second-order valence-electron chi connectivity index (χ2n) is 17.4. The van der Waals surface area contributed by atoms with Crippen LogP contribution in [0.4, 0.5) is 0 Å². The lowest BCUT2D eigenvalue weighted by Gasteiger charge is -2.12. The van der Waals surface area contributed by atoms with Crippen LogP contribution in [0.3, 0.4) is 0 Å². The maximum Gasteiger partial charge on any atom is 0.160 e. The van der Waals surface area contributed by atoms with Gasteiger partial charge in [-0.1, -0.05) is 194 Å². The third-order valence-electron chi connectivity index (χ3n) is 13.4. The highest BCUT2D eigenvalue weighted by molar-refractivity contribution is 6.12. The highest BCUT2D eigenvalue weighted by atomic mass is 15.0. The molecule has 0 spiro atoms. The number of hydrogen-bond donors (Lipinski definition) is 0. The molecule has 0 aliphatic heterocycles. The van der Waals surface area contributed by atoms with Gasteiger partial charge in [-0.3, -0.25) is 0 Å². The predicted molar refractivity (Wildman–Crippen MR) is 282 cm³/mol. The molecular weight excluding hydrogens is 811 g/mol. The Labute approximate surface area is 388 Å². The normalized spacial score (nSPS) is 11.6. The van der Waals surface area contributed by atoms with E-state index >= 15 is 0 Å². The van der Waals surface area contributed by atoms with Crippen molar-refractivity contribution in [1.29, 1.82) is 0 Å². The summed E-state index contributed by atoms with van der Waals surface area (Å²) in [5.74, 6) is 0.709. The molecule has 13 rings (SSSR count). The monoisotopic (exact) mass is 851 g/mol. The number of aromatic nitrogens is 3. The van der Waals surface area contributed by atoms with Crippen LogP contribution < -0.4 is 0 Å². The van der Waals surface area contributed by atoms with Gasteiger partial charge in [-0.25, -0.2) is 9.97 Å². The number of rotatable bonds is 7. The van der Waals surface area contributed by atoms with Gasteiger partial charge in [0.1, 0.15) is 0 Å². The second-order valence-corrected chi connectivity index (χ2v) is 17.4. The number of hydrogen-bond acceptors (Lipinski definition) is 2. The molecule has 0 saturated heterocycles. The molecule has 0 N–H and O–H groups in total. The fraction of sp³-hybridized carbons (Fsp3) is 0. The molecule has 67 heavy (non-hydrogen) atoms. The highest BCUT2D eigenvalue weighted by Crippen LogP contribution is 2.39. The van der Waals surface area contributed by atoms with Gasteiger partial charge in [0, 0.05) is 33.2 Å². The molecule has 2 heterocycles. The van der Waals surface area contributed by atoms with E-state index in [2.05, 4.69) is 235 Å². The molecule has 0 saturated carbocycles. The molecule has 3 nitrogen and oxygen atoms in total. The lowest BCUT2D eigenvalue weighted by atomic mass is 9.98. The van der Waals surface area contributed by atoms with Crippen LogP contribution in [0.25, 0.3) is 127 Å². The minimum atomic E-state index is 0.709. The van der Waals surface area contributed by atoms with Crippen molar-refractivity contribution in [2.24, 2.45) is 0 Å². The molecule has 0 unspecified atom stereocenters.